The van der Waals surface area contributed by atoms with E-state index in [0.29, 0.717) is 0 Å². The molecule has 0 spiro atoms. The molecule has 0 aromatic heterocycles. The van der Waals surface area contributed by atoms with Crippen LogP contribution in [0.5, 0.6) is 0 Å². The van der Waals surface area contributed by atoms with Crippen molar-refractivity contribution in [1.82, 2.24) is 0 Å². The summed E-state index contributed by atoms with van der Waals surface area (Å²) in [6.45, 7) is 5.04. The first-order valence-electron chi connectivity index (χ1n) is 6.30. The Morgan fingerprint density at radius 3 is 2.50 bits per heavy atom. The van der Waals surface area contributed by atoms with E-state index in [1.165, 1.54) is 44.9 Å². The fourth-order valence-corrected chi connectivity index (χ4v) is 4.84. The molecule has 0 amide bonds. The second kappa shape index (κ2) is 6.89. The molecule has 1 saturated carbocycles. The zero-order chi connectivity index (χ0) is 10.4. The van der Waals surface area contributed by atoms with Crippen LogP contribution in [0.2, 0.25) is 18.6 Å². The van der Waals surface area contributed by atoms with E-state index in [-0.39, 0.29) is 0 Å². The molecule has 14 heavy (non-hydrogen) atoms. The van der Waals surface area contributed by atoms with Gasteiger partial charge in [-0.2, -0.15) is 0 Å². The van der Waals surface area contributed by atoms with Gasteiger partial charge in [0.05, 0.1) is 0 Å². The molecule has 0 bridgehead atoms. The highest BCUT2D eigenvalue weighted by atomic mass is 35.5. The molecular formula is C12H25ClSi. The van der Waals surface area contributed by atoms with Crippen LogP contribution in [0.1, 0.15) is 44.9 Å². The summed E-state index contributed by atoms with van der Waals surface area (Å²) in [5.74, 6) is 1.82. The summed E-state index contributed by atoms with van der Waals surface area (Å²) in [5, 5.41) is 0. The first kappa shape index (κ1) is 12.6. The number of rotatable bonds is 3. The van der Waals surface area contributed by atoms with Gasteiger partial charge in [0.15, 0.2) is 0 Å². The van der Waals surface area contributed by atoms with Gasteiger partial charge in [0.25, 0.3) is 0 Å². The molecule has 0 N–H and O–H groups in total. The van der Waals surface area contributed by atoms with Crippen LogP contribution in [0.3, 0.4) is 0 Å². The van der Waals surface area contributed by atoms with Gasteiger partial charge in [0, 0.05) is 14.7 Å². The lowest BCUT2D eigenvalue weighted by atomic mass is 9.89. The monoisotopic (exact) mass is 232 g/mol. The fourth-order valence-electron chi connectivity index (χ4n) is 2.70. The SMILES string of the molecule is C[SiH](C)C1CCCCCC(CCCl)C1. The molecule has 1 rings (SSSR count). The zero-order valence-corrected chi connectivity index (χ0v) is 11.7. The molecule has 2 unspecified atom stereocenters. The number of hydrogen-bond donors (Lipinski definition) is 0. The van der Waals surface area contributed by atoms with Gasteiger partial charge in [-0.1, -0.05) is 51.6 Å². The highest BCUT2D eigenvalue weighted by Gasteiger charge is 2.21. The van der Waals surface area contributed by atoms with Crippen molar-refractivity contribution in [2.24, 2.45) is 5.92 Å². The van der Waals surface area contributed by atoms with E-state index < -0.39 is 8.80 Å². The van der Waals surface area contributed by atoms with Crippen molar-refractivity contribution >= 4 is 20.4 Å². The second-order valence-electron chi connectivity index (χ2n) is 5.22. The fraction of sp³-hybridized carbons (Fsp3) is 1.00. The van der Waals surface area contributed by atoms with Crippen LogP contribution >= 0.6 is 11.6 Å². The summed E-state index contributed by atoms with van der Waals surface area (Å²) >= 11 is 5.87. The van der Waals surface area contributed by atoms with E-state index in [1.807, 2.05) is 0 Å². The lowest BCUT2D eigenvalue weighted by Gasteiger charge is -2.28. The van der Waals surface area contributed by atoms with Crippen LogP contribution in [0, 0.1) is 5.92 Å². The van der Waals surface area contributed by atoms with Crippen molar-refractivity contribution in [2.45, 2.75) is 63.6 Å². The Bertz CT molecular complexity index is 147. The number of halogens is 1. The minimum absolute atomic E-state index is 0.407. The Morgan fingerprint density at radius 2 is 1.86 bits per heavy atom. The molecule has 0 heterocycles. The van der Waals surface area contributed by atoms with Crippen molar-refractivity contribution < 1.29 is 0 Å². The summed E-state index contributed by atoms with van der Waals surface area (Å²) in [7, 11) is -0.407. The molecule has 0 nitrogen and oxygen atoms in total. The molecule has 0 aromatic rings. The van der Waals surface area contributed by atoms with Crippen LogP contribution in [-0.4, -0.2) is 14.7 Å². The third-order valence-corrected chi connectivity index (χ3v) is 6.49. The Labute approximate surface area is 96.0 Å². The van der Waals surface area contributed by atoms with E-state index in [4.69, 9.17) is 11.6 Å². The van der Waals surface area contributed by atoms with Crippen LogP contribution in [0.15, 0.2) is 0 Å². The highest BCUT2D eigenvalue weighted by Crippen LogP contribution is 2.34. The first-order chi connectivity index (χ1) is 6.74. The smallest absolute Gasteiger partial charge is 0.0337 e. The van der Waals surface area contributed by atoms with Gasteiger partial charge >= 0.3 is 0 Å². The Hall–Kier alpha value is 0.507. The normalized spacial score (nSPS) is 30.0. The third-order valence-electron chi connectivity index (χ3n) is 3.78. The highest BCUT2D eigenvalue weighted by molar-refractivity contribution is 6.57. The van der Waals surface area contributed by atoms with Gasteiger partial charge in [-0.25, -0.2) is 0 Å². The van der Waals surface area contributed by atoms with E-state index in [0.717, 1.165) is 17.3 Å². The van der Waals surface area contributed by atoms with Crippen molar-refractivity contribution in [3.63, 3.8) is 0 Å². The van der Waals surface area contributed by atoms with Crippen molar-refractivity contribution in [3.8, 4) is 0 Å². The summed E-state index contributed by atoms with van der Waals surface area (Å²) in [5.41, 5.74) is 1.10. The van der Waals surface area contributed by atoms with Crippen molar-refractivity contribution in [1.29, 1.82) is 0 Å². The van der Waals surface area contributed by atoms with Crippen LogP contribution in [-0.2, 0) is 0 Å². The molecule has 2 atom stereocenters. The maximum absolute atomic E-state index is 5.87. The zero-order valence-electron chi connectivity index (χ0n) is 9.77. The van der Waals surface area contributed by atoms with Gasteiger partial charge in [-0.05, 0) is 17.9 Å². The minimum atomic E-state index is -0.407. The summed E-state index contributed by atoms with van der Waals surface area (Å²) in [6.07, 6.45) is 10.1. The van der Waals surface area contributed by atoms with Gasteiger partial charge in [0.2, 0.25) is 0 Å². The van der Waals surface area contributed by atoms with Crippen LogP contribution < -0.4 is 0 Å². The predicted molar refractivity (Wildman–Crippen MR) is 69.2 cm³/mol. The van der Waals surface area contributed by atoms with Gasteiger partial charge in [-0.15, -0.1) is 11.6 Å². The molecular weight excluding hydrogens is 208 g/mol. The number of hydrogen-bond acceptors (Lipinski definition) is 0. The molecule has 1 fully saturated rings. The molecule has 84 valence electrons. The van der Waals surface area contributed by atoms with Gasteiger partial charge in [-0.3, -0.25) is 0 Å². The van der Waals surface area contributed by atoms with Crippen molar-refractivity contribution in [2.75, 3.05) is 5.88 Å². The van der Waals surface area contributed by atoms with Crippen LogP contribution in [0.25, 0.3) is 0 Å². The minimum Gasteiger partial charge on any atom is -0.127 e. The first-order valence-corrected chi connectivity index (χ1v) is 9.81. The molecule has 1 aliphatic carbocycles. The quantitative estimate of drug-likeness (QED) is 0.499. The Balaban J connectivity index is 2.42. The topological polar surface area (TPSA) is 0 Å². The average Bonchev–Trinajstić information content (AvgIpc) is 2.08. The van der Waals surface area contributed by atoms with E-state index >= 15 is 0 Å². The summed E-state index contributed by atoms with van der Waals surface area (Å²) < 4.78 is 0. The summed E-state index contributed by atoms with van der Waals surface area (Å²) in [4.78, 5) is 0. The van der Waals surface area contributed by atoms with E-state index in [2.05, 4.69) is 13.1 Å². The Morgan fingerprint density at radius 1 is 1.14 bits per heavy atom. The van der Waals surface area contributed by atoms with Gasteiger partial charge in [0.1, 0.15) is 0 Å². The summed E-state index contributed by atoms with van der Waals surface area (Å²) in [6, 6.07) is 0. The standard InChI is InChI=1S/C12H25ClSi/c1-14(2)12-7-5-3-4-6-11(10-12)8-9-13/h11-12,14H,3-10H2,1-2H3. The molecule has 0 saturated heterocycles. The molecule has 0 aliphatic heterocycles. The molecule has 2 heteroatoms. The molecule has 0 aromatic carbocycles. The largest absolute Gasteiger partial charge is 0.127 e. The van der Waals surface area contributed by atoms with Crippen LogP contribution in [0.4, 0.5) is 0 Å². The lowest BCUT2D eigenvalue weighted by Crippen LogP contribution is -2.18. The van der Waals surface area contributed by atoms with Crippen molar-refractivity contribution in [3.05, 3.63) is 0 Å². The molecule has 0 radical (unpaired) electrons. The molecule has 1 aliphatic rings. The van der Waals surface area contributed by atoms with E-state index in [9.17, 15) is 0 Å². The average molecular weight is 233 g/mol. The maximum atomic E-state index is 5.87. The third kappa shape index (κ3) is 4.35. The Kier molecular flexibility index (Phi) is 6.19. The maximum Gasteiger partial charge on any atom is 0.0337 e. The van der Waals surface area contributed by atoms with E-state index in [1.54, 1.807) is 0 Å². The number of alkyl halides is 1. The lowest BCUT2D eigenvalue weighted by molar-refractivity contribution is 0.368. The second-order valence-corrected chi connectivity index (χ2v) is 9.03. The predicted octanol–water partition coefficient (Wildman–Crippen LogP) is 4.44. The van der Waals surface area contributed by atoms with Gasteiger partial charge < -0.3 is 0 Å².